The van der Waals surface area contributed by atoms with Gasteiger partial charge in [-0.15, -0.1) is 0 Å². The van der Waals surface area contributed by atoms with Crippen LogP contribution >= 0.6 is 15.9 Å². The molecule has 0 N–H and O–H groups in total. The monoisotopic (exact) mass is 340 g/mol. The van der Waals surface area contributed by atoms with Crippen molar-refractivity contribution >= 4 is 26.8 Å². The summed E-state index contributed by atoms with van der Waals surface area (Å²) < 4.78 is 8.42. The largest absolute Gasteiger partial charge is 0.495 e. The van der Waals surface area contributed by atoms with E-state index in [-0.39, 0.29) is 0 Å². The maximum Gasteiger partial charge on any atom is 0.136 e. The van der Waals surface area contributed by atoms with Crippen molar-refractivity contribution in [3.05, 3.63) is 64.3 Å². The molecule has 0 bridgehead atoms. The van der Waals surface area contributed by atoms with Gasteiger partial charge in [-0.3, -0.25) is 0 Å². The highest BCUT2D eigenvalue weighted by molar-refractivity contribution is 9.10. The SMILES string of the molecule is COc1ccc(Cn2ccc3cc(Br)ccc32)cc1C#N. The Kier molecular flexibility index (Phi) is 3.68. The minimum atomic E-state index is 0.564. The summed E-state index contributed by atoms with van der Waals surface area (Å²) in [6.07, 6.45) is 2.06. The molecule has 3 aromatic rings. The molecule has 0 amide bonds. The predicted molar refractivity (Wildman–Crippen MR) is 86.4 cm³/mol. The molecule has 0 aliphatic heterocycles. The van der Waals surface area contributed by atoms with Crippen LogP contribution in [-0.2, 0) is 6.54 Å². The first kappa shape index (κ1) is 13.7. The summed E-state index contributed by atoms with van der Waals surface area (Å²) in [7, 11) is 1.58. The molecule has 1 aromatic heterocycles. The van der Waals surface area contributed by atoms with E-state index in [2.05, 4.69) is 51.0 Å². The van der Waals surface area contributed by atoms with Crippen LogP contribution in [0.2, 0.25) is 0 Å². The lowest BCUT2D eigenvalue weighted by molar-refractivity contribution is 0.413. The number of aromatic nitrogens is 1. The second-order valence-electron chi connectivity index (χ2n) is 4.79. The second kappa shape index (κ2) is 5.63. The van der Waals surface area contributed by atoms with Gasteiger partial charge in [0, 0.05) is 28.1 Å². The third-order valence-corrected chi connectivity index (χ3v) is 3.96. The second-order valence-corrected chi connectivity index (χ2v) is 5.71. The predicted octanol–water partition coefficient (Wildman–Crippen LogP) is 4.33. The summed E-state index contributed by atoms with van der Waals surface area (Å²) in [6, 6.07) is 16.2. The van der Waals surface area contributed by atoms with Gasteiger partial charge in [-0.2, -0.15) is 5.26 Å². The third-order valence-electron chi connectivity index (χ3n) is 3.47. The first-order valence-corrected chi connectivity index (χ1v) is 7.32. The van der Waals surface area contributed by atoms with Crippen LogP contribution in [0.4, 0.5) is 0 Å². The van der Waals surface area contributed by atoms with E-state index in [1.165, 1.54) is 10.9 Å². The Morgan fingerprint density at radius 1 is 1.19 bits per heavy atom. The molecule has 0 aliphatic rings. The van der Waals surface area contributed by atoms with Crippen LogP contribution in [0, 0.1) is 11.3 Å². The molecule has 2 aromatic carbocycles. The van der Waals surface area contributed by atoms with Gasteiger partial charge in [0.25, 0.3) is 0 Å². The van der Waals surface area contributed by atoms with Crippen LogP contribution in [0.1, 0.15) is 11.1 Å². The van der Waals surface area contributed by atoms with Gasteiger partial charge in [-0.05, 0) is 42.0 Å². The molecule has 0 radical (unpaired) electrons. The maximum atomic E-state index is 9.16. The smallest absolute Gasteiger partial charge is 0.136 e. The average Bonchev–Trinajstić information content (AvgIpc) is 2.89. The number of nitrogens with zero attached hydrogens (tertiary/aromatic N) is 2. The summed E-state index contributed by atoms with van der Waals surface area (Å²) in [6.45, 7) is 0.726. The number of fused-ring (bicyclic) bond motifs is 1. The lowest BCUT2D eigenvalue weighted by atomic mass is 10.1. The van der Waals surface area contributed by atoms with Gasteiger partial charge in [-0.1, -0.05) is 22.0 Å². The summed E-state index contributed by atoms with van der Waals surface area (Å²) in [5.41, 5.74) is 2.81. The number of halogens is 1. The molecule has 0 saturated heterocycles. The van der Waals surface area contributed by atoms with E-state index in [1.807, 2.05) is 24.3 Å². The first-order chi connectivity index (χ1) is 10.2. The van der Waals surface area contributed by atoms with Gasteiger partial charge in [0.1, 0.15) is 11.8 Å². The van der Waals surface area contributed by atoms with Crippen molar-refractivity contribution < 1.29 is 4.74 Å². The van der Waals surface area contributed by atoms with Crippen molar-refractivity contribution in [1.29, 1.82) is 5.26 Å². The zero-order chi connectivity index (χ0) is 14.8. The van der Waals surface area contributed by atoms with Gasteiger partial charge in [-0.25, -0.2) is 0 Å². The Balaban J connectivity index is 1.97. The highest BCUT2D eigenvalue weighted by Gasteiger charge is 2.06. The highest BCUT2D eigenvalue weighted by Crippen LogP contribution is 2.23. The minimum Gasteiger partial charge on any atom is -0.495 e. The number of ether oxygens (including phenoxy) is 1. The summed E-state index contributed by atoms with van der Waals surface area (Å²) in [5.74, 6) is 0.613. The van der Waals surface area contributed by atoms with Crippen molar-refractivity contribution in [2.75, 3.05) is 7.11 Å². The molecule has 21 heavy (non-hydrogen) atoms. The minimum absolute atomic E-state index is 0.564. The van der Waals surface area contributed by atoms with Crippen molar-refractivity contribution in [1.82, 2.24) is 4.57 Å². The first-order valence-electron chi connectivity index (χ1n) is 6.52. The van der Waals surface area contributed by atoms with Crippen molar-refractivity contribution in [2.45, 2.75) is 6.54 Å². The Morgan fingerprint density at radius 2 is 2.05 bits per heavy atom. The number of rotatable bonds is 3. The zero-order valence-electron chi connectivity index (χ0n) is 11.5. The molecule has 3 rings (SSSR count). The van der Waals surface area contributed by atoms with Crippen LogP contribution < -0.4 is 4.74 Å². The molecule has 0 fully saturated rings. The fourth-order valence-electron chi connectivity index (χ4n) is 2.45. The number of hydrogen-bond donors (Lipinski definition) is 0. The lowest BCUT2D eigenvalue weighted by Gasteiger charge is -2.08. The molecule has 0 spiro atoms. The zero-order valence-corrected chi connectivity index (χ0v) is 13.1. The maximum absolute atomic E-state index is 9.16. The van der Waals surface area contributed by atoms with Gasteiger partial charge in [0.2, 0.25) is 0 Å². The Labute approximate surface area is 131 Å². The summed E-state index contributed by atoms with van der Waals surface area (Å²) in [4.78, 5) is 0. The molecule has 0 saturated carbocycles. The molecule has 0 aliphatic carbocycles. The number of methoxy groups -OCH3 is 1. The van der Waals surface area contributed by atoms with Gasteiger partial charge < -0.3 is 9.30 Å². The fourth-order valence-corrected chi connectivity index (χ4v) is 2.83. The Hall–Kier alpha value is -2.25. The Bertz CT molecular complexity index is 846. The number of nitriles is 1. The van der Waals surface area contributed by atoms with E-state index in [9.17, 15) is 0 Å². The average molecular weight is 341 g/mol. The summed E-state index contributed by atoms with van der Waals surface area (Å²) >= 11 is 3.48. The van der Waals surface area contributed by atoms with E-state index in [0.717, 1.165) is 16.6 Å². The lowest BCUT2D eigenvalue weighted by Crippen LogP contribution is -1.99. The van der Waals surface area contributed by atoms with Crippen molar-refractivity contribution in [3.8, 4) is 11.8 Å². The van der Waals surface area contributed by atoms with Gasteiger partial charge >= 0.3 is 0 Å². The van der Waals surface area contributed by atoms with Gasteiger partial charge in [0.15, 0.2) is 0 Å². The van der Waals surface area contributed by atoms with Crippen molar-refractivity contribution in [2.24, 2.45) is 0 Å². The molecule has 104 valence electrons. The van der Waals surface area contributed by atoms with E-state index in [1.54, 1.807) is 7.11 Å². The molecular formula is C17H13BrN2O. The van der Waals surface area contributed by atoms with Crippen LogP contribution in [0.3, 0.4) is 0 Å². The summed E-state index contributed by atoms with van der Waals surface area (Å²) in [5, 5.41) is 10.4. The van der Waals surface area contributed by atoms with Crippen molar-refractivity contribution in [3.63, 3.8) is 0 Å². The van der Waals surface area contributed by atoms with Crippen LogP contribution in [0.15, 0.2) is 53.1 Å². The molecule has 3 nitrogen and oxygen atoms in total. The number of benzene rings is 2. The van der Waals surface area contributed by atoms with E-state index >= 15 is 0 Å². The quantitative estimate of drug-likeness (QED) is 0.711. The fraction of sp³-hybridized carbons (Fsp3) is 0.118. The van der Waals surface area contributed by atoms with E-state index in [0.29, 0.717) is 11.3 Å². The molecule has 4 heteroatoms. The van der Waals surface area contributed by atoms with Crippen LogP contribution in [0.25, 0.3) is 10.9 Å². The standard InChI is InChI=1S/C17H13BrN2O/c1-21-17-5-2-12(8-14(17)10-19)11-20-7-6-13-9-15(18)3-4-16(13)20/h2-9H,11H2,1H3. The third kappa shape index (κ3) is 2.65. The highest BCUT2D eigenvalue weighted by atomic mass is 79.9. The molecular weight excluding hydrogens is 328 g/mol. The van der Waals surface area contributed by atoms with Crippen LogP contribution in [0.5, 0.6) is 5.75 Å². The van der Waals surface area contributed by atoms with Gasteiger partial charge in [0.05, 0.1) is 12.7 Å². The van der Waals surface area contributed by atoms with E-state index < -0.39 is 0 Å². The topological polar surface area (TPSA) is 38.0 Å². The number of hydrogen-bond acceptors (Lipinski definition) is 2. The molecule has 0 unspecified atom stereocenters. The molecule has 0 atom stereocenters. The molecule has 1 heterocycles. The normalized spacial score (nSPS) is 10.5. The van der Waals surface area contributed by atoms with Crippen LogP contribution in [-0.4, -0.2) is 11.7 Å². The Morgan fingerprint density at radius 3 is 2.81 bits per heavy atom. The van der Waals surface area contributed by atoms with E-state index in [4.69, 9.17) is 10.00 Å².